The minimum atomic E-state index is 0.269. The first-order valence-corrected chi connectivity index (χ1v) is 7.26. The van der Waals surface area contributed by atoms with Crippen molar-refractivity contribution >= 4 is 28.8 Å². The fourth-order valence-corrected chi connectivity index (χ4v) is 3.21. The molecule has 0 saturated carbocycles. The van der Waals surface area contributed by atoms with E-state index >= 15 is 0 Å². The number of thiazole rings is 1. The predicted molar refractivity (Wildman–Crippen MR) is 70.2 cm³/mol. The first kappa shape index (κ1) is 12.8. The van der Waals surface area contributed by atoms with Gasteiger partial charge in [0.2, 0.25) is 5.91 Å². The van der Waals surface area contributed by atoms with Gasteiger partial charge < -0.3 is 4.90 Å². The summed E-state index contributed by atoms with van der Waals surface area (Å²) in [5.41, 5.74) is 0. The van der Waals surface area contributed by atoms with Gasteiger partial charge in [0.05, 0.1) is 6.54 Å². The van der Waals surface area contributed by atoms with Crippen LogP contribution < -0.4 is 0 Å². The highest BCUT2D eigenvalue weighted by atomic mass is 35.5. The van der Waals surface area contributed by atoms with Crippen LogP contribution in [0.3, 0.4) is 0 Å². The van der Waals surface area contributed by atoms with E-state index in [1.54, 1.807) is 6.20 Å². The maximum Gasteiger partial charge on any atom is 0.222 e. The van der Waals surface area contributed by atoms with Gasteiger partial charge in [0.1, 0.15) is 0 Å². The molecule has 1 unspecified atom stereocenters. The number of hydrogen-bond acceptors (Lipinski definition) is 3. The minimum Gasteiger partial charge on any atom is -0.337 e. The molecule has 2 rings (SSSR count). The Morgan fingerprint density at radius 1 is 1.59 bits per heavy atom. The van der Waals surface area contributed by atoms with Crippen LogP contribution in [-0.4, -0.2) is 22.3 Å². The first-order chi connectivity index (χ1) is 8.19. The van der Waals surface area contributed by atoms with Crippen LogP contribution in [0.5, 0.6) is 0 Å². The molecular weight excluding hydrogens is 256 g/mol. The average molecular weight is 273 g/mol. The Morgan fingerprint density at radius 3 is 3.06 bits per heavy atom. The third-order valence-electron chi connectivity index (χ3n) is 3.38. The lowest BCUT2D eigenvalue weighted by molar-refractivity contribution is -0.131. The van der Waals surface area contributed by atoms with Crippen molar-refractivity contribution < 1.29 is 4.79 Å². The molecule has 1 aliphatic rings. The maximum absolute atomic E-state index is 12.0. The highest BCUT2D eigenvalue weighted by Crippen LogP contribution is 2.24. The quantitative estimate of drug-likeness (QED) is 0.846. The van der Waals surface area contributed by atoms with E-state index in [-0.39, 0.29) is 5.91 Å². The zero-order valence-corrected chi connectivity index (χ0v) is 11.6. The lowest BCUT2D eigenvalue weighted by atomic mass is 9.98. The molecule has 0 radical (unpaired) electrons. The van der Waals surface area contributed by atoms with Crippen LogP contribution in [0.15, 0.2) is 6.20 Å². The van der Waals surface area contributed by atoms with E-state index in [2.05, 4.69) is 11.9 Å². The van der Waals surface area contributed by atoms with Gasteiger partial charge in [-0.3, -0.25) is 4.79 Å². The SMILES string of the molecule is CCC1CCC(=O)N(Cc2cnc(Cl)s2)CC1. The molecule has 1 amide bonds. The predicted octanol–water partition coefficient (Wildman–Crippen LogP) is 3.34. The van der Waals surface area contributed by atoms with Crippen LogP contribution in [0.2, 0.25) is 4.47 Å². The van der Waals surface area contributed by atoms with Crippen LogP contribution >= 0.6 is 22.9 Å². The molecule has 0 spiro atoms. The molecule has 0 N–H and O–H groups in total. The highest BCUT2D eigenvalue weighted by Gasteiger charge is 2.22. The normalized spacial score (nSPS) is 21.6. The molecule has 94 valence electrons. The largest absolute Gasteiger partial charge is 0.337 e. The molecule has 5 heteroatoms. The molecule has 1 aromatic rings. The number of likely N-dealkylation sites (tertiary alicyclic amines) is 1. The second kappa shape index (κ2) is 5.83. The number of carbonyl (C=O) groups excluding carboxylic acids is 1. The Labute approximate surface area is 111 Å². The molecule has 2 heterocycles. The van der Waals surface area contributed by atoms with Gasteiger partial charge in [-0.05, 0) is 18.8 Å². The minimum absolute atomic E-state index is 0.269. The van der Waals surface area contributed by atoms with Gasteiger partial charge in [-0.25, -0.2) is 4.98 Å². The monoisotopic (exact) mass is 272 g/mol. The Morgan fingerprint density at radius 2 is 2.41 bits per heavy atom. The molecule has 0 aliphatic carbocycles. The summed E-state index contributed by atoms with van der Waals surface area (Å²) in [5, 5.41) is 0. The molecule has 17 heavy (non-hydrogen) atoms. The van der Waals surface area contributed by atoms with Gasteiger partial charge >= 0.3 is 0 Å². The second-order valence-electron chi connectivity index (χ2n) is 4.50. The lowest BCUT2D eigenvalue weighted by Crippen LogP contribution is -2.29. The van der Waals surface area contributed by atoms with E-state index in [1.165, 1.54) is 17.8 Å². The standard InChI is InChI=1S/C12H17ClN2OS/c1-2-9-3-4-11(16)15(6-5-9)8-10-7-14-12(13)17-10/h7,9H,2-6,8H2,1H3. The maximum atomic E-state index is 12.0. The van der Waals surface area contributed by atoms with Crippen LogP contribution in [0.4, 0.5) is 0 Å². The number of aromatic nitrogens is 1. The Bertz CT molecular complexity index is 394. The van der Waals surface area contributed by atoms with E-state index in [1.807, 2.05) is 4.90 Å². The lowest BCUT2D eigenvalue weighted by Gasteiger charge is -2.19. The van der Waals surface area contributed by atoms with Gasteiger partial charge in [-0.2, -0.15) is 0 Å². The van der Waals surface area contributed by atoms with Crippen molar-refractivity contribution in [2.45, 2.75) is 39.2 Å². The molecular formula is C12H17ClN2OS. The number of amides is 1. The van der Waals surface area contributed by atoms with Gasteiger partial charge in [-0.15, -0.1) is 11.3 Å². The van der Waals surface area contributed by atoms with Gasteiger partial charge in [0, 0.05) is 24.0 Å². The zero-order chi connectivity index (χ0) is 12.3. The summed E-state index contributed by atoms with van der Waals surface area (Å²) in [5.74, 6) is 0.972. The third kappa shape index (κ3) is 3.42. The van der Waals surface area contributed by atoms with Gasteiger partial charge in [0.25, 0.3) is 0 Å². The highest BCUT2D eigenvalue weighted by molar-refractivity contribution is 7.15. The number of rotatable bonds is 3. The van der Waals surface area contributed by atoms with Crippen molar-refractivity contribution in [1.29, 1.82) is 0 Å². The summed E-state index contributed by atoms with van der Waals surface area (Å²) in [4.78, 5) is 19.0. The summed E-state index contributed by atoms with van der Waals surface area (Å²) in [7, 11) is 0. The molecule has 1 saturated heterocycles. The second-order valence-corrected chi connectivity index (χ2v) is 6.19. The molecule has 3 nitrogen and oxygen atoms in total. The molecule has 0 aromatic carbocycles. The van der Waals surface area contributed by atoms with E-state index in [4.69, 9.17) is 11.6 Å². The van der Waals surface area contributed by atoms with Crippen LogP contribution in [0.1, 0.15) is 37.5 Å². The summed E-state index contributed by atoms with van der Waals surface area (Å²) in [6.45, 7) is 3.74. The Hall–Kier alpha value is -0.610. The molecule has 1 aromatic heterocycles. The molecule has 0 bridgehead atoms. The Kier molecular flexibility index (Phi) is 4.40. The fraction of sp³-hybridized carbons (Fsp3) is 0.667. The van der Waals surface area contributed by atoms with Crippen LogP contribution in [-0.2, 0) is 11.3 Å². The number of halogens is 1. The van der Waals surface area contributed by atoms with Crippen molar-refractivity contribution in [1.82, 2.24) is 9.88 Å². The van der Waals surface area contributed by atoms with Crippen molar-refractivity contribution in [3.8, 4) is 0 Å². The Balaban J connectivity index is 1.97. The van der Waals surface area contributed by atoms with Crippen LogP contribution in [0.25, 0.3) is 0 Å². The molecule has 1 atom stereocenters. The number of nitrogens with zero attached hydrogens (tertiary/aromatic N) is 2. The summed E-state index contributed by atoms with van der Waals surface area (Å²) in [6.07, 6.45) is 5.78. The van der Waals surface area contributed by atoms with E-state index < -0.39 is 0 Å². The van der Waals surface area contributed by atoms with E-state index in [0.29, 0.717) is 23.4 Å². The van der Waals surface area contributed by atoms with Gasteiger partial charge in [0.15, 0.2) is 4.47 Å². The summed E-state index contributed by atoms with van der Waals surface area (Å²) in [6, 6.07) is 0. The number of hydrogen-bond donors (Lipinski definition) is 0. The summed E-state index contributed by atoms with van der Waals surface area (Å²) >= 11 is 7.25. The van der Waals surface area contributed by atoms with E-state index in [9.17, 15) is 4.79 Å². The molecule has 1 fully saturated rings. The molecule has 1 aliphatic heterocycles. The smallest absolute Gasteiger partial charge is 0.222 e. The fourth-order valence-electron chi connectivity index (χ4n) is 2.21. The van der Waals surface area contributed by atoms with E-state index in [0.717, 1.165) is 24.3 Å². The summed E-state index contributed by atoms with van der Waals surface area (Å²) < 4.78 is 0.550. The van der Waals surface area contributed by atoms with Crippen molar-refractivity contribution in [2.24, 2.45) is 5.92 Å². The van der Waals surface area contributed by atoms with Crippen molar-refractivity contribution in [3.05, 3.63) is 15.5 Å². The average Bonchev–Trinajstić information content (AvgIpc) is 2.64. The first-order valence-electron chi connectivity index (χ1n) is 6.07. The van der Waals surface area contributed by atoms with Crippen molar-refractivity contribution in [2.75, 3.05) is 6.54 Å². The van der Waals surface area contributed by atoms with Crippen LogP contribution in [0, 0.1) is 5.92 Å². The third-order valence-corrected chi connectivity index (χ3v) is 4.48. The number of carbonyl (C=O) groups is 1. The topological polar surface area (TPSA) is 33.2 Å². The zero-order valence-electron chi connectivity index (χ0n) is 9.99. The van der Waals surface area contributed by atoms with Crippen molar-refractivity contribution in [3.63, 3.8) is 0 Å². The van der Waals surface area contributed by atoms with Gasteiger partial charge in [-0.1, -0.05) is 24.9 Å².